The molecule has 0 spiro atoms. The van der Waals surface area contributed by atoms with Crippen molar-refractivity contribution in [2.75, 3.05) is 7.11 Å². The van der Waals surface area contributed by atoms with Crippen LogP contribution in [0.15, 0.2) is 96.1 Å². The van der Waals surface area contributed by atoms with Crippen molar-refractivity contribution >= 4 is 34.1 Å². The molecule has 180 valence electrons. The van der Waals surface area contributed by atoms with Crippen LogP contribution in [-0.2, 0) is 12.6 Å². The maximum Gasteiger partial charge on any atom is 0.251 e. The Bertz CT molecular complexity index is 1650. The maximum atomic E-state index is 12.8. The highest BCUT2D eigenvalue weighted by atomic mass is 35.5. The van der Waals surface area contributed by atoms with E-state index in [1.807, 2.05) is 60.7 Å². The number of methoxy groups -OCH3 is 1. The number of aromatic nitrogens is 2. The van der Waals surface area contributed by atoms with Gasteiger partial charge in [-0.3, -0.25) is 9.78 Å². The number of benzene rings is 3. The second-order valence-electron chi connectivity index (χ2n) is 8.59. The van der Waals surface area contributed by atoms with Crippen molar-refractivity contribution in [2.45, 2.75) is 5.54 Å². The summed E-state index contributed by atoms with van der Waals surface area (Å²) in [6, 6.07) is 24.2. The summed E-state index contributed by atoms with van der Waals surface area (Å²) < 4.78 is 7.30. The van der Waals surface area contributed by atoms with Crippen molar-refractivity contribution in [3.05, 3.63) is 128 Å². The highest BCUT2D eigenvalue weighted by Gasteiger charge is 2.35. The fraction of sp³-hybridized carbons (Fsp3) is 0.103. The Balaban J connectivity index is 1.85. The molecule has 0 aliphatic carbocycles. The number of aryl methyl sites for hydroxylation is 1. The van der Waals surface area contributed by atoms with E-state index in [0.717, 1.165) is 33.2 Å². The largest absolute Gasteiger partial charge is 0.496 e. The van der Waals surface area contributed by atoms with E-state index in [4.69, 9.17) is 33.7 Å². The van der Waals surface area contributed by atoms with Gasteiger partial charge in [-0.15, -0.1) is 0 Å². The molecular weight excluding hydrogens is 493 g/mol. The molecule has 2 aromatic heterocycles. The lowest BCUT2D eigenvalue weighted by atomic mass is 9.77. The van der Waals surface area contributed by atoms with Gasteiger partial charge in [-0.05, 0) is 64.7 Å². The van der Waals surface area contributed by atoms with Gasteiger partial charge in [0.05, 0.1) is 18.2 Å². The van der Waals surface area contributed by atoms with E-state index in [1.165, 1.54) is 0 Å². The molecule has 2 heterocycles. The first-order valence-corrected chi connectivity index (χ1v) is 12.0. The highest BCUT2D eigenvalue weighted by molar-refractivity contribution is 6.31. The molecular formula is C29H23Cl2N3O2. The monoisotopic (exact) mass is 515 g/mol. The number of hydrogen-bond acceptors (Lipinski definition) is 4. The minimum Gasteiger partial charge on any atom is -0.496 e. The molecule has 5 rings (SSSR count). The van der Waals surface area contributed by atoms with E-state index in [2.05, 4.69) is 4.98 Å². The lowest BCUT2D eigenvalue weighted by molar-refractivity contribution is 0.401. The normalized spacial score (nSPS) is 12.9. The van der Waals surface area contributed by atoms with E-state index in [1.54, 1.807) is 49.3 Å². The summed E-state index contributed by atoms with van der Waals surface area (Å²) >= 11 is 12.5. The molecule has 0 radical (unpaired) electrons. The Morgan fingerprint density at radius 1 is 0.917 bits per heavy atom. The number of nitrogens with zero attached hydrogens (tertiary/aromatic N) is 2. The molecule has 5 aromatic rings. The maximum absolute atomic E-state index is 12.8. The molecule has 0 fully saturated rings. The number of halogens is 2. The minimum atomic E-state index is -1.13. The summed E-state index contributed by atoms with van der Waals surface area (Å²) in [5.74, 6) is 0.609. The Morgan fingerprint density at radius 3 is 2.39 bits per heavy atom. The van der Waals surface area contributed by atoms with Gasteiger partial charge in [-0.1, -0.05) is 53.5 Å². The molecule has 3 aromatic carbocycles. The van der Waals surface area contributed by atoms with Gasteiger partial charge in [-0.2, -0.15) is 0 Å². The third-order valence-corrected chi connectivity index (χ3v) is 7.05. The Hall–Kier alpha value is -3.64. The van der Waals surface area contributed by atoms with Crippen LogP contribution in [-0.4, -0.2) is 16.7 Å². The van der Waals surface area contributed by atoms with Crippen LogP contribution in [0.1, 0.15) is 16.7 Å². The predicted octanol–water partition coefficient (Wildman–Crippen LogP) is 6.17. The smallest absolute Gasteiger partial charge is 0.251 e. The average molecular weight is 516 g/mol. The third-order valence-electron chi connectivity index (χ3n) is 6.56. The Morgan fingerprint density at radius 2 is 1.67 bits per heavy atom. The minimum absolute atomic E-state index is 0.115. The van der Waals surface area contributed by atoms with Gasteiger partial charge in [0, 0.05) is 46.5 Å². The van der Waals surface area contributed by atoms with E-state index in [9.17, 15) is 4.79 Å². The summed E-state index contributed by atoms with van der Waals surface area (Å²) in [5.41, 5.74) is 10.8. The third kappa shape index (κ3) is 4.05. The number of pyridine rings is 2. The molecule has 0 aliphatic rings. The molecule has 1 unspecified atom stereocenters. The van der Waals surface area contributed by atoms with Gasteiger partial charge in [0.15, 0.2) is 0 Å². The molecule has 2 N–H and O–H groups in total. The highest BCUT2D eigenvalue weighted by Crippen LogP contribution is 2.41. The lowest BCUT2D eigenvalue weighted by Crippen LogP contribution is -2.39. The summed E-state index contributed by atoms with van der Waals surface area (Å²) in [4.78, 5) is 17.2. The first-order valence-electron chi connectivity index (χ1n) is 11.3. The number of fused-ring (bicyclic) bond motifs is 1. The van der Waals surface area contributed by atoms with Crippen LogP contribution in [0.25, 0.3) is 22.0 Å². The average Bonchev–Trinajstić information content (AvgIpc) is 2.90. The number of ether oxygens (including phenoxy) is 1. The quantitative estimate of drug-likeness (QED) is 0.304. The van der Waals surface area contributed by atoms with Crippen LogP contribution in [0.4, 0.5) is 0 Å². The topological polar surface area (TPSA) is 70.1 Å². The number of hydrogen-bond donors (Lipinski definition) is 1. The molecule has 0 saturated heterocycles. The number of rotatable bonds is 5. The zero-order chi connectivity index (χ0) is 25.4. The standard InChI is InChI=1S/C29H23Cl2N3O2/c1-34-26-11-8-20(15-24(26)23(16-28(34)35)18-4-3-5-22(31)14-18)29(32,19-6-9-21(30)10-7-19)25-17-33-13-12-27(25)36-2/h3-17H,32H2,1-2H3. The summed E-state index contributed by atoms with van der Waals surface area (Å²) in [6.07, 6.45) is 3.38. The van der Waals surface area contributed by atoms with E-state index >= 15 is 0 Å². The number of nitrogens with two attached hydrogens (primary N) is 1. The van der Waals surface area contributed by atoms with Crippen molar-refractivity contribution in [3.63, 3.8) is 0 Å². The van der Waals surface area contributed by atoms with Crippen LogP contribution >= 0.6 is 23.2 Å². The molecule has 0 aliphatic heterocycles. The zero-order valence-electron chi connectivity index (χ0n) is 19.7. The van der Waals surface area contributed by atoms with Crippen molar-refractivity contribution in [3.8, 4) is 16.9 Å². The van der Waals surface area contributed by atoms with Gasteiger partial charge < -0.3 is 15.0 Å². The second-order valence-corrected chi connectivity index (χ2v) is 9.46. The summed E-state index contributed by atoms with van der Waals surface area (Å²) in [5, 5.41) is 2.06. The van der Waals surface area contributed by atoms with Crippen molar-refractivity contribution in [1.82, 2.24) is 9.55 Å². The van der Waals surface area contributed by atoms with E-state index in [-0.39, 0.29) is 5.56 Å². The van der Waals surface area contributed by atoms with Gasteiger partial charge in [-0.25, -0.2) is 0 Å². The van der Waals surface area contributed by atoms with Gasteiger partial charge >= 0.3 is 0 Å². The first-order chi connectivity index (χ1) is 17.3. The lowest BCUT2D eigenvalue weighted by Gasteiger charge is -2.33. The van der Waals surface area contributed by atoms with Crippen LogP contribution < -0.4 is 16.0 Å². The van der Waals surface area contributed by atoms with Crippen LogP contribution in [0.2, 0.25) is 10.0 Å². The fourth-order valence-corrected chi connectivity index (χ4v) is 4.96. The van der Waals surface area contributed by atoms with Crippen molar-refractivity contribution in [2.24, 2.45) is 12.8 Å². The predicted molar refractivity (Wildman–Crippen MR) is 146 cm³/mol. The fourth-order valence-electron chi connectivity index (χ4n) is 4.65. The summed E-state index contributed by atoms with van der Waals surface area (Å²) in [6.45, 7) is 0. The molecule has 1 atom stereocenters. The Kier molecular flexibility index (Phi) is 6.31. The van der Waals surface area contributed by atoms with Gasteiger partial charge in [0.2, 0.25) is 0 Å². The molecule has 7 heteroatoms. The second kappa shape index (κ2) is 9.43. The summed E-state index contributed by atoms with van der Waals surface area (Å²) in [7, 11) is 3.36. The molecule has 0 amide bonds. The molecule has 5 nitrogen and oxygen atoms in total. The van der Waals surface area contributed by atoms with Gasteiger partial charge in [0.1, 0.15) is 5.75 Å². The van der Waals surface area contributed by atoms with Crippen molar-refractivity contribution in [1.29, 1.82) is 0 Å². The zero-order valence-corrected chi connectivity index (χ0v) is 21.2. The van der Waals surface area contributed by atoms with Crippen LogP contribution in [0.5, 0.6) is 5.75 Å². The Labute approximate surface area is 218 Å². The molecule has 0 saturated carbocycles. The molecule has 36 heavy (non-hydrogen) atoms. The molecule has 0 bridgehead atoms. The van der Waals surface area contributed by atoms with E-state index < -0.39 is 5.54 Å². The van der Waals surface area contributed by atoms with Crippen molar-refractivity contribution < 1.29 is 4.74 Å². The van der Waals surface area contributed by atoms with Crippen LogP contribution in [0, 0.1) is 0 Å². The SMILES string of the molecule is COc1ccncc1C(N)(c1ccc(Cl)cc1)c1ccc2c(c1)c(-c1cccc(Cl)c1)cc(=O)n2C. The van der Waals surface area contributed by atoms with Crippen LogP contribution in [0.3, 0.4) is 0 Å². The first kappa shape index (κ1) is 24.1. The van der Waals surface area contributed by atoms with Gasteiger partial charge in [0.25, 0.3) is 5.56 Å². The van der Waals surface area contributed by atoms with E-state index in [0.29, 0.717) is 21.4 Å².